The molecule has 36 heavy (non-hydrogen) atoms. The van der Waals surface area contributed by atoms with Crippen LogP contribution < -0.4 is 5.32 Å². The van der Waals surface area contributed by atoms with Crippen LogP contribution in [0.1, 0.15) is 22.9 Å². The first-order valence-corrected chi connectivity index (χ1v) is 13.5. The summed E-state index contributed by atoms with van der Waals surface area (Å²) in [5, 5.41) is 15.5. The molecule has 0 bridgehead atoms. The van der Waals surface area contributed by atoms with Crippen molar-refractivity contribution in [3.63, 3.8) is 0 Å². The first kappa shape index (κ1) is 22.2. The Hall–Kier alpha value is -3.02. The number of hydrogen-bond acceptors (Lipinski definition) is 5. The van der Waals surface area contributed by atoms with Crippen LogP contribution in [0.15, 0.2) is 66.7 Å². The molecule has 2 N–H and O–H groups in total. The number of nitriles is 1. The summed E-state index contributed by atoms with van der Waals surface area (Å²) < 4.78 is 0. The SMILES string of the molecule is N#C[C@]1(c2nc3ccccc3[nH]2)[C@@H](c2ccc(Cl)cc2)[C@@H]2CSCN2[C@@]12C(=O)Nc1ccc(Cl)cc12. The molecular formula is C27H19Cl2N5OS. The summed E-state index contributed by atoms with van der Waals surface area (Å²) >= 11 is 14.5. The van der Waals surface area contributed by atoms with Crippen LogP contribution in [0.5, 0.6) is 0 Å². The van der Waals surface area contributed by atoms with Crippen LogP contribution in [-0.2, 0) is 15.7 Å². The van der Waals surface area contributed by atoms with Gasteiger partial charge in [0.15, 0.2) is 11.0 Å². The third kappa shape index (κ3) is 2.63. The smallest absolute Gasteiger partial charge is 0.251 e. The first-order valence-electron chi connectivity index (χ1n) is 11.6. The Balaban J connectivity index is 1.62. The van der Waals surface area contributed by atoms with Crippen LogP contribution in [0.4, 0.5) is 5.69 Å². The number of benzene rings is 3. The minimum Gasteiger partial charge on any atom is -0.341 e. The van der Waals surface area contributed by atoms with Crippen molar-refractivity contribution >= 4 is 57.6 Å². The number of para-hydroxylation sites is 2. The molecule has 3 aliphatic rings. The minimum absolute atomic E-state index is 0.0836. The second-order valence-electron chi connectivity index (χ2n) is 9.44. The van der Waals surface area contributed by atoms with Crippen LogP contribution in [0, 0.1) is 11.3 Å². The molecule has 9 heteroatoms. The summed E-state index contributed by atoms with van der Waals surface area (Å²) in [5.41, 5.74) is 1.20. The van der Waals surface area contributed by atoms with E-state index in [4.69, 9.17) is 28.2 Å². The maximum absolute atomic E-state index is 14.3. The lowest BCUT2D eigenvalue weighted by Crippen LogP contribution is -2.58. The van der Waals surface area contributed by atoms with E-state index in [0.717, 1.165) is 22.3 Å². The first-order chi connectivity index (χ1) is 17.5. The average Bonchev–Trinajstić information content (AvgIpc) is 3.63. The van der Waals surface area contributed by atoms with Crippen LogP contribution in [0.25, 0.3) is 11.0 Å². The number of thioether (sulfide) groups is 1. The second-order valence-corrected chi connectivity index (χ2v) is 11.3. The van der Waals surface area contributed by atoms with Gasteiger partial charge < -0.3 is 10.3 Å². The lowest BCUT2D eigenvalue weighted by molar-refractivity contribution is -0.128. The van der Waals surface area contributed by atoms with E-state index in [1.807, 2.05) is 60.7 Å². The molecule has 178 valence electrons. The zero-order chi connectivity index (χ0) is 24.7. The molecule has 0 saturated carbocycles. The van der Waals surface area contributed by atoms with Crippen molar-refractivity contribution in [2.45, 2.75) is 22.9 Å². The van der Waals surface area contributed by atoms with Crippen LogP contribution in [0.3, 0.4) is 0 Å². The molecule has 4 atom stereocenters. The zero-order valence-electron chi connectivity index (χ0n) is 18.8. The predicted molar refractivity (Wildman–Crippen MR) is 142 cm³/mol. The average molecular weight is 532 g/mol. The van der Waals surface area contributed by atoms with Crippen molar-refractivity contribution in [1.29, 1.82) is 5.26 Å². The Kier molecular flexibility index (Phi) is 4.77. The minimum atomic E-state index is -1.37. The Bertz CT molecular complexity index is 1570. The van der Waals surface area contributed by atoms with E-state index in [0.29, 0.717) is 33.0 Å². The maximum atomic E-state index is 14.3. The number of fused-ring (bicyclic) bond motifs is 5. The summed E-state index contributed by atoms with van der Waals surface area (Å²) in [5.74, 6) is 1.28. The summed E-state index contributed by atoms with van der Waals surface area (Å²) in [6.45, 7) is 0. The molecule has 4 aromatic rings. The molecule has 4 heterocycles. The summed E-state index contributed by atoms with van der Waals surface area (Å²) in [4.78, 5) is 24.9. The van der Waals surface area contributed by atoms with E-state index < -0.39 is 11.0 Å². The van der Waals surface area contributed by atoms with Gasteiger partial charge in [-0.1, -0.05) is 47.5 Å². The van der Waals surface area contributed by atoms with Crippen molar-refractivity contribution in [2.75, 3.05) is 16.9 Å². The van der Waals surface area contributed by atoms with Crippen LogP contribution in [0.2, 0.25) is 10.0 Å². The lowest BCUT2D eigenvalue weighted by atomic mass is 9.60. The van der Waals surface area contributed by atoms with Gasteiger partial charge in [0.2, 0.25) is 0 Å². The summed E-state index contributed by atoms with van der Waals surface area (Å²) in [6.07, 6.45) is 0. The molecule has 0 aliphatic carbocycles. The summed E-state index contributed by atoms with van der Waals surface area (Å²) in [6, 6.07) is 23.3. The number of aromatic nitrogens is 2. The number of carbonyl (C=O) groups is 1. The Labute approximate surface area is 221 Å². The highest BCUT2D eigenvalue weighted by atomic mass is 35.5. The van der Waals surface area contributed by atoms with Gasteiger partial charge in [0, 0.05) is 44.9 Å². The van der Waals surface area contributed by atoms with Crippen molar-refractivity contribution in [1.82, 2.24) is 14.9 Å². The normalized spacial score (nSPS) is 28.9. The molecule has 1 amide bonds. The van der Waals surface area contributed by atoms with Crippen molar-refractivity contribution in [2.24, 2.45) is 0 Å². The Morgan fingerprint density at radius 3 is 2.64 bits per heavy atom. The number of nitrogens with one attached hydrogen (secondary N) is 2. The molecule has 6 nitrogen and oxygen atoms in total. The van der Waals surface area contributed by atoms with Gasteiger partial charge in [-0.15, -0.1) is 11.8 Å². The molecule has 2 fully saturated rings. The van der Waals surface area contributed by atoms with Gasteiger partial charge in [-0.2, -0.15) is 5.26 Å². The lowest BCUT2D eigenvalue weighted by Gasteiger charge is -2.41. The van der Waals surface area contributed by atoms with E-state index in [9.17, 15) is 10.1 Å². The molecule has 3 aromatic carbocycles. The number of rotatable bonds is 2. The Morgan fingerprint density at radius 1 is 1.08 bits per heavy atom. The molecule has 7 rings (SSSR count). The fourth-order valence-corrected chi connectivity index (χ4v) is 8.16. The molecule has 1 aromatic heterocycles. The number of carbonyl (C=O) groups excluding carboxylic acids is 1. The molecule has 3 aliphatic heterocycles. The highest BCUT2D eigenvalue weighted by molar-refractivity contribution is 7.99. The van der Waals surface area contributed by atoms with Crippen molar-refractivity contribution in [3.05, 3.63) is 93.7 Å². The fraction of sp³-hybridized carbons (Fsp3) is 0.222. The number of imidazole rings is 1. The van der Waals surface area contributed by atoms with E-state index in [1.54, 1.807) is 17.8 Å². The number of H-pyrrole nitrogens is 1. The van der Waals surface area contributed by atoms with E-state index in [-0.39, 0.29) is 17.9 Å². The number of anilines is 1. The van der Waals surface area contributed by atoms with Crippen molar-refractivity contribution < 1.29 is 4.79 Å². The van der Waals surface area contributed by atoms with Gasteiger partial charge >= 0.3 is 0 Å². The molecule has 0 unspecified atom stereocenters. The van der Waals surface area contributed by atoms with E-state index in [1.165, 1.54) is 0 Å². The van der Waals surface area contributed by atoms with Gasteiger partial charge in [-0.05, 0) is 48.0 Å². The van der Waals surface area contributed by atoms with E-state index in [2.05, 4.69) is 21.3 Å². The third-order valence-electron chi connectivity index (χ3n) is 7.89. The van der Waals surface area contributed by atoms with Crippen LogP contribution >= 0.6 is 35.0 Å². The van der Waals surface area contributed by atoms with E-state index >= 15 is 0 Å². The van der Waals surface area contributed by atoms with Gasteiger partial charge in [0.25, 0.3) is 5.91 Å². The Morgan fingerprint density at radius 2 is 1.86 bits per heavy atom. The number of aromatic amines is 1. The summed E-state index contributed by atoms with van der Waals surface area (Å²) in [7, 11) is 0. The number of halogens is 2. The van der Waals surface area contributed by atoms with Crippen molar-refractivity contribution in [3.8, 4) is 6.07 Å². The maximum Gasteiger partial charge on any atom is 0.251 e. The van der Waals surface area contributed by atoms with Gasteiger partial charge in [0.05, 0.1) is 17.1 Å². The molecular weight excluding hydrogens is 513 g/mol. The molecule has 0 radical (unpaired) electrons. The highest BCUT2D eigenvalue weighted by Gasteiger charge is 2.77. The van der Waals surface area contributed by atoms with Gasteiger partial charge in [-0.25, -0.2) is 4.98 Å². The fourth-order valence-electron chi connectivity index (χ4n) is 6.56. The number of nitrogens with zero attached hydrogens (tertiary/aromatic N) is 3. The molecule has 2 saturated heterocycles. The van der Waals surface area contributed by atoms with Gasteiger partial charge in [0.1, 0.15) is 5.82 Å². The quantitative estimate of drug-likeness (QED) is 0.349. The number of amides is 1. The highest BCUT2D eigenvalue weighted by Crippen LogP contribution is 2.67. The monoisotopic (exact) mass is 531 g/mol. The third-order valence-corrected chi connectivity index (χ3v) is 9.41. The zero-order valence-corrected chi connectivity index (χ0v) is 21.2. The topological polar surface area (TPSA) is 84.8 Å². The van der Waals surface area contributed by atoms with Gasteiger partial charge in [-0.3, -0.25) is 9.69 Å². The standard InChI is InChI=1S/C27H19Cl2N5OS/c28-16-7-5-15(6-8-16)23-22-12-36-14-34(22)27(18-11-17(29)9-10-19(18)33-25(27)35)26(23,13-30)24-31-20-3-1-2-4-21(20)32-24/h1-11,22-23H,12,14H2,(H,31,32)(H,33,35)/t22-,23-,26+,27-/m0/s1. The largest absolute Gasteiger partial charge is 0.341 e. The predicted octanol–water partition coefficient (Wildman–Crippen LogP) is 5.65. The number of hydrogen-bond donors (Lipinski definition) is 2. The molecule has 1 spiro atoms. The second kappa shape index (κ2) is 7.74. The van der Waals surface area contributed by atoms with Crippen LogP contribution in [-0.4, -0.2) is 38.4 Å².